The molecule has 1 aliphatic rings. The predicted octanol–water partition coefficient (Wildman–Crippen LogP) is 1.14. The van der Waals surface area contributed by atoms with Crippen LogP contribution in [0.2, 0.25) is 0 Å². The highest BCUT2D eigenvalue weighted by Crippen LogP contribution is 2.19. The van der Waals surface area contributed by atoms with Crippen LogP contribution in [0.5, 0.6) is 0 Å². The highest BCUT2D eigenvalue weighted by Gasteiger charge is 2.28. The molecule has 0 spiro atoms. The third kappa shape index (κ3) is 2.81. The lowest BCUT2D eigenvalue weighted by atomic mass is 10.0. The van der Waals surface area contributed by atoms with Crippen molar-refractivity contribution in [3.8, 4) is 0 Å². The predicted molar refractivity (Wildman–Crippen MR) is 74.8 cm³/mol. The topological polar surface area (TPSA) is 50.2 Å². The van der Waals surface area contributed by atoms with Gasteiger partial charge in [0.05, 0.1) is 11.7 Å². The number of nitrogens with zero attached hydrogens (tertiary/aromatic N) is 3. The van der Waals surface area contributed by atoms with Crippen LogP contribution in [0.25, 0.3) is 0 Å². The van der Waals surface area contributed by atoms with E-state index in [0.717, 1.165) is 37.3 Å². The molecule has 1 fully saturated rings. The van der Waals surface area contributed by atoms with Gasteiger partial charge < -0.3 is 10.2 Å². The zero-order valence-corrected chi connectivity index (χ0v) is 12.4. The third-order valence-corrected chi connectivity index (χ3v) is 3.99. The van der Waals surface area contributed by atoms with Crippen LogP contribution in [0.4, 0.5) is 0 Å². The van der Waals surface area contributed by atoms with Gasteiger partial charge in [0.25, 0.3) is 0 Å². The maximum atomic E-state index is 12.4. The molecule has 0 aromatic carbocycles. The van der Waals surface area contributed by atoms with Crippen molar-refractivity contribution >= 4 is 5.91 Å². The Hall–Kier alpha value is -1.36. The lowest BCUT2D eigenvalue weighted by molar-refractivity contribution is -0.136. The molecule has 0 bridgehead atoms. The van der Waals surface area contributed by atoms with E-state index in [0.29, 0.717) is 6.54 Å². The van der Waals surface area contributed by atoms with E-state index in [4.69, 9.17) is 0 Å². The zero-order valence-electron chi connectivity index (χ0n) is 12.4. The minimum atomic E-state index is -0.00367. The first kappa shape index (κ1) is 14.1. The van der Waals surface area contributed by atoms with E-state index in [9.17, 15) is 4.79 Å². The number of piperidine rings is 1. The summed E-state index contributed by atoms with van der Waals surface area (Å²) in [5.74, 6) is 0.232. The molecule has 5 heteroatoms. The number of hydrogen-bond donors (Lipinski definition) is 1. The first-order valence-corrected chi connectivity index (χ1v) is 7.05. The van der Waals surface area contributed by atoms with Crippen LogP contribution >= 0.6 is 0 Å². The molecule has 1 atom stereocenters. The van der Waals surface area contributed by atoms with E-state index >= 15 is 0 Å². The molecule has 5 nitrogen and oxygen atoms in total. The summed E-state index contributed by atoms with van der Waals surface area (Å²) < 4.78 is 1.89. The lowest BCUT2D eigenvalue weighted by Crippen LogP contribution is -2.50. The van der Waals surface area contributed by atoms with Crippen LogP contribution in [-0.4, -0.2) is 39.7 Å². The van der Waals surface area contributed by atoms with Gasteiger partial charge in [-0.1, -0.05) is 6.92 Å². The summed E-state index contributed by atoms with van der Waals surface area (Å²) in [4.78, 5) is 14.4. The number of likely N-dealkylation sites (N-methyl/N-ethyl adjacent to an activating group) is 1. The summed E-state index contributed by atoms with van der Waals surface area (Å²) in [6.45, 7) is 8.50. The van der Waals surface area contributed by atoms with E-state index in [1.54, 1.807) is 0 Å². The normalized spacial score (nSPS) is 20.1. The molecule has 0 aliphatic carbocycles. The quantitative estimate of drug-likeness (QED) is 0.887. The number of aryl methyl sites for hydroxylation is 2. The standard InChI is InChI=1S/C14H24N4O/c1-5-15-13-7-6-8-18(14(13)19)9-12-10(2)16-17(4)11(12)3/h13,15H,5-9H2,1-4H3. The second-order valence-electron chi connectivity index (χ2n) is 5.29. The minimum Gasteiger partial charge on any atom is -0.337 e. The van der Waals surface area contributed by atoms with Gasteiger partial charge in [-0.25, -0.2) is 0 Å². The van der Waals surface area contributed by atoms with Gasteiger partial charge in [0.1, 0.15) is 0 Å². The van der Waals surface area contributed by atoms with Crippen LogP contribution in [0.15, 0.2) is 0 Å². The van der Waals surface area contributed by atoms with E-state index in [1.165, 1.54) is 5.56 Å². The monoisotopic (exact) mass is 264 g/mol. The summed E-state index contributed by atoms with van der Waals surface area (Å²) in [5, 5.41) is 7.69. The maximum absolute atomic E-state index is 12.4. The molecule has 0 radical (unpaired) electrons. The van der Waals surface area contributed by atoms with Gasteiger partial charge in [-0.2, -0.15) is 5.10 Å². The van der Waals surface area contributed by atoms with Gasteiger partial charge in [-0.3, -0.25) is 9.48 Å². The first-order valence-electron chi connectivity index (χ1n) is 7.05. The molecule has 1 amide bonds. The number of amides is 1. The fraction of sp³-hybridized carbons (Fsp3) is 0.714. The van der Waals surface area contributed by atoms with E-state index in [-0.39, 0.29) is 11.9 Å². The van der Waals surface area contributed by atoms with Crippen molar-refractivity contribution in [2.75, 3.05) is 13.1 Å². The molecule has 1 aromatic heterocycles. The number of carbonyl (C=O) groups is 1. The van der Waals surface area contributed by atoms with Crippen LogP contribution in [-0.2, 0) is 18.4 Å². The Labute approximate surface area is 115 Å². The molecule has 19 heavy (non-hydrogen) atoms. The summed E-state index contributed by atoms with van der Waals surface area (Å²) in [7, 11) is 1.95. The Kier molecular flexibility index (Phi) is 4.24. The van der Waals surface area contributed by atoms with Crippen molar-refractivity contribution < 1.29 is 4.79 Å². The Morgan fingerprint density at radius 2 is 2.16 bits per heavy atom. The van der Waals surface area contributed by atoms with E-state index in [2.05, 4.69) is 17.3 Å². The molecule has 106 valence electrons. The fourth-order valence-electron chi connectivity index (χ4n) is 2.77. The zero-order chi connectivity index (χ0) is 14.0. The first-order chi connectivity index (χ1) is 9.04. The molecule has 0 saturated carbocycles. The Morgan fingerprint density at radius 1 is 1.42 bits per heavy atom. The number of carbonyl (C=O) groups excluding carboxylic acids is 1. The summed E-state index contributed by atoms with van der Waals surface area (Å²) in [6, 6.07) is -0.00367. The largest absolute Gasteiger partial charge is 0.337 e. The smallest absolute Gasteiger partial charge is 0.240 e. The van der Waals surface area contributed by atoms with Crippen molar-refractivity contribution in [3.63, 3.8) is 0 Å². The molecule has 2 heterocycles. The van der Waals surface area contributed by atoms with E-state index < -0.39 is 0 Å². The SMILES string of the molecule is CCNC1CCCN(Cc2c(C)nn(C)c2C)C1=O. The number of likely N-dealkylation sites (tertiary alicyclic amines) is 1. The molecule has 1 aromatic rings. The van der Waals surface area contributed by atoms with Crippen LogP contribution in [0.3, 0.4) is 0 Å². The van der Waals surface area contributed by atoms with Crippen molar-refractivity contribution in [1.82, 2.24) is 20.0 Å². The van der Waals surface area contributed by atoms with Gasteiger partial charge in [-0.05, 0) is 33.2 Å². The molecule has 2 rings (SSSR count). The van der Waals surface area contributed by atoms with Crippen molar-refractivity contribution in [1.29, 1.82) is 0 Å². The maximum Gasteiger partial charge on any atom is 0.240 e. The van der Waals surface area contributed by atoms with Crippen molar-refractivity contribution in [2.45, 2.75) is 46.2 Å². The molecule has 1 N–H and O–H groups in total. The molecular weight excluding hydrogens is 240 g/mol. The van der Waals surface area contributed by atoms with Gasteiger partial charge in [0, 0.05) is 31.4 Å². The molecular formula is C14H24N4O. The fourth-order valence-corrected chi connectivity index (χ4v) is 2.77. The van der Waals surface area contributed by atoms with Gasteiger partial charge >= 0.3 is 0 Å². The third-order valence-electron chi connectivity index (χ3n) is 3.99. The number of hydrogen-bond acceptors (Lipinski definition) is 3. The molecule has 1 saturated heterocycles. The molecule has 1 unspecified atom stereocenters. The van der Waals surface area contributed by atoms with Gasteiger partial charge in [0.2, 0.25) is 5.91 Å². The number of nitrogens with one attached hydrogen (secondary N) is 1. The molecule has 1 aliphatic heterocycles. The highest BCUT2D eigenvalue weighted by molar-refractivity contribution is 5.82. The van der Waals surface area contributed by atoms with Crippen LogP contribution in [0.1, 0.15) is 36.7 Å². The minimum absolute atomic E-state index is 0.00367. The van der Waals surface area contributed by atoms with Crippen molar-refractivity contribution in [3.05, 3.63) is 17.0 Å². The van der Waals surface area contributed by atoms with E-state index in [1.807, 2.05) is 30.5 Å². The highest BCUT2D eigenvalue weighted by atomic mass is 16.2. The average Bonchev–Trinajstić information content (AvgIpc) is 2.61. The lowest BCUT2D eigenvalue weighted by Gasteiger charge is -2.32. The van der Waals surface area contributed by atoms with Gasteiger partial charge in [-0.15, -0.1) is 0 Å². The van der Waals surface area contributed by atoms with Gasteiger partial charge in [0.15, 0.2) is 0 Å². The summed E-state index contributed by atoms with van der Waals surface area (Å²) in [6.07, 6.45) is 2.02. The van der Waals surface area contributed by atoms with Crippen molar-refractivity contribution in [2.24, 2.45) is 7.05 Å². The summed E-state index contributed by atoms with van der Waals surface area (Å²) >= 11 is 0. The number of aromatic nitrogens is 2. The Bertz CT molecular complexity index is 464. The summed E-state index contributed by atoms with van der Waals surface area (Å²) in [5.41, 5.74) is 3.36. The second-order valence-corrected chi connectivity index (χ2v) is 5.29. The second kappa shape index (κ2) is 5.74. The number of rotatable bonds is 4. The Balaban J connectivity index is 2.11. The van der Waals surface area contributed by atoms with Crippen LogP contribution in [0, 0.1) is 13.8 Å². The van der Waals surface area contributed by atoms with Crippen LogP contribution < -0.4 is 5.32 Å². The average molecular weight is 264 g/mol. The Morgan fingerprint density at radius 3 is 2.74 bits per heavy atom.